The summed E-state index contributed by atoms with van der Waals surface area (Å²) in [5.74, 6) is -0.150. The average Bonchev–Trinajstić information content (AvgIpc) is 2.77. The molecule has 0 radical (unpaired) electrons. The molecule has 1 aromatic carbocycles. The molecule has 122 valence electrons. The van der Waals surface area contributed by atoms with Crippen LogP contribution in [-0.4, -0.2) is 32.7 Å². The van der Waals surface area contributed by atoms with E-state index in [1.807, 2.05) is 13.8 Å². The number of sulfonamides is 1. The fraction of sp³-hybridized carbons (Fsp3) is 0.500. The molecule has 8 heteroatoms. The molecule has 1 saturated heterocycles. The molecule has 6 nitrogen and oxygen atoms in total. The van der Waals surface area contributed by atoms with Crippen molar-refractivity contribution >= 4 is 38.9 Å². The minimum atomic E-state index is -3.28. The topological polar surface area (TPSA) is 92.5 Å². The summed E-state index contributed by atoms with van der Waals surface area (Å²) in [5, 5.41) is 2.97. The van der Waals surface area contributed by atoms with Crippen LogP contribution in [0.3, 0.4) is 0 Å². The van der Waals surface area contributed by atoms with Crippen LogP contribution in [0.1, 0.15) is 20.3 Å². The van der Waals surface area contributed by atoms with E-state index in [9.17, 15) is 13.2 Å². The lowest BCUT2D eigenvalue weighted by Gasteiger charge is -2.20. The van der Waals surface area contributed by atoms with Gasteiger partial charge in [0.05, 0.1) is 22.5 Å². The number of benzene rings is 1. The van der Waals surface area contributed by atoms with Crippen LogP contribution in [0.15, 0.2) is 18.2 Å². The number of rotatable bonds is 4. The number of hydrogen-bond donors (Lipinski definition) is 2. The van der Waals surface area contributed by atoms with Gasteiger partial charge in [-0.25, -0.2) is 8.42 Å². The normalized spacial score (nSPS) is 18.5. The summed E-state index contributed by atoms with van der Waals surface area (Å²) in [5.41, 5.74) is 6.71. The number of halogens is 1. The van der Waals surface area contributed by atoms with Crippen molar-refractivity contribution in [1.29, 1.82) is 0 Å². The molecule has 0 aromatic heterocycles. The SMILES string of the molecule is CC(C)[C@H](N)C(=O)Nc1ccc(N2CCCS2(=O)=O)c(Cl)c1. The molecule has 0 bridgehead atoms. The van der Waals surface area contributed by atoms with Gasteiger partial charge >= 0.3 is 0 Å². The van der Waals surface area contributed by atoms with Crippen LogP contribution in [0.25, 0.3) is 0 Å². The second-order valence-electron chi connectivity index (χ2n) is 5.67. The average molecular weight is 346 g/mol. The molecule has 22 heavy (non-hydrogen) atoms. The minimum Gasteiger partial charge on any atom is -0.325 e. The van der Waals surface area contributed by atoms with Gasteiger partial charge in [-0.15, -0.1) is 0 Å². The van der Waals surface area contributed by atoms with E-state index in [2.05, 4.69) is 5.32 Å². The first-order valence-corrected chi connectivity index (χ1v) is 9.07. The Balaban J connectivity index is 2.19. The monoisotopic (exact) mass is 345 g/mol. The maximum atomic E-state index is 11.9. The van der Waals surface area contributed by atoms with Gasteiger partial charge in [-0.1, -0.05) is 25.4 Å². The Morgan fingerprint density at radius 2 is 2.09 bits per heavy atom. The molecular weight excluding hydrogens is 326 g/mol. The highest BCUT2D eigenvalue weighted by molar-refractivity contribution is 7.93. The highest BCUT2D eigenvalue weighted by atomic mass is 35.5. The molecule has 1 fully saturated rings. The van der Waals surface area contributed by atoms with Crippen LogP contribution >= 0.6 is 11.6 Å². The largest absolute Gasteiger partial charge is 0.325 e. The quantitative estimate of drug-likeness (QED) is 0.870. The Bertz CT molecular complexity index is 676. The molecule has 1 aliphatic heterocycles. The Labute approximate surface area is 135 Å². The van der Waals surface area contributed by atoms with E-state index < -0.39 is 16.1 Å². The maximum absolute atomic E-state index is 11.9. The number of nitrogens with one attached hydrogen (secondary N) is 1. The summed E-state index contributed by atoms with van der Waals surface area (Å²) >= 11 is 6.17. The van der Waals surface area contributed by atoms with E-state index in [0.29, 0.717) is 24.3 Å². The Hall–Kier alpha value is -1.31. The third-order valence-electron chi connectivity index (χ3n) is 3.60. The van der Waals surface area contributed by atoms with Crippen molar-refractivity contribution in [3.05, 3.63) is 23.2 Å². The highest BCUT2D eigenvalue weighted by Crippen LogP contribution is 2.33. The molecule has 1 amide bonds. The molecule has 1 heterocycles. The standard InChI is InChI=1S/C14H20ClN3O3S/c1-9(2)13(16)14(19)17-10-4-5-12(11(15)8-10)18-6-3-7-22(18,20)21/h4-5,8-9,13H,3,6-7,16H2,1-2H3,(H,17,19)/t13-/m0/s1. The zero-order valence-corrected chi connectivity index (χ0v) is 14.1. The number of amides is 1. The summed E-state index contributed by atoms with van der Waals surface area (Å²) in [4.78, 5) is 11.9. The molecule has 3 N–H and O–H groups in total. The van der Waals surface area contributed by atoms with Gasteiger partial charge in [0.25, 0.3) is 0 Å². The van der Waals surface area contributed by atoms with E-state index in [0.717, 1.165) is 0 Å². The molecule has 0 unspecified atom stereocenters. The first-order chi connectivity index (χ1) is 10.2. The summed E-state index contributed by atoms with van der Waals surface area (Å²) in [7, 11) is -3.28. The van der Waals surface area contributed by atoms with E-state index >= 15 is 0 Å². The second-order valence-corrected chi connectivity index (χ2v) is 8.09. The molecule has 0 spiro atoms. The predicted molar refractivity (Wildman–Crippen MR) is 88.6 cm³/mol. The van der Waals surface area contributed by atoms with E-state index in [-0.39, 0.29) is 22.6 Å². The molecule has 2 rings (SSSR count). The lowest BCUT2D eigenvalue weighted by atomic mass is 10.0. The molecule has 0 saturated carbocycles. The van der Waals surface area contributed by atoms with Gasteiger partial charge in [-0.05, 0) is 30.5 Å². The molecule has 0 aliphatic carbocycles. The third-order valence-corrected chi connectivity index (χ3v) is 5.76. The highest BCUT2D eigenvalue weighted by Gasteiger charge is 2.30. The van der Waals surface area contributed by atoms with Crippen LogP contribution in [0.5, 0.6) is 0 Å². The van der Waals surface area contributed by atoms with Crippen LogP contribution in [0.2, 0.25) is 5.02 Å². The molecular formula is C14H20ClN3O3S. The summed E-state index contributed by atoms with van der Waals surface area (Å²) in [6, 6.07) is 4.15. The van der Waals surface area contributed by atoms with Gasteiger partial charge < -0.3 is 11.1 Å². The van der Waals surface area contributed by atoms with Crippen molar-refractivity contribution in [2.45, 2.75) is 26.3 Å². The van der Waals surface area contributed by atoms with Crippen molar-refractivity contribution in [2.75, 3.05) is 21.9 Å². The Morgan fingerprint density at radius 1 is 1.41 bits per heavy atom. The van der Waals surface area contributed by atoms with Crippen LogP contribution in [0.4, 0.5) is 11.4 Å². The van der Waals surface area contributed by atoms with E-state index in [4.69, 9.17) is 17.3 Å². The van der Waals surface area contributed by atoms with Gasteiger partial charge in [0.2, 0.25) is 15.9 Å². The molecule has 1 aliphatic rings. The van der Waals surface area contributed by atoms with E-state index in [1.165, 1.54) is 10.4 Å². The van der Waals surface area contributed by atoms with Crippen molar-refractivity contribution in [1.82, 2.24) is 0 Å². The zero-order valence-electron chi connectivity index (χ0n) is 12.5. The number of carbonyl (C=O) groups excluding carboxylic acids is 1. The van der Waals surface area contributed by atoms with Gasteiger partial charge in [0.1, 0.15) is 0 Å². The third kappa shape index (κ3) is 3.53. The Morgan fingerprint density at radius 3 is 2.59 bits per heavy atom. The van der Waals surface area contributed by atoms with Crippen molar-refractivity contribution < 1.29 is 13.2 Å². The lowest BCUT2D eigenvalue weighted by Crippen LogP contribution is -2.39. The predicted octanol–water partition coefficient (Wildman–Crippen LogP) is 1.80. The van der Waals surface area contributed by atoms with Crippen LogP contribution < -0.4 is 15.4 Å². The number of nitrogens with zero attached hydrogens (tertiary/aromatic N) is 1. The fourth-order valence-electron chi connectivity index (χ4n) is 2.23. The van der Waals surface area contributed by atoms with Crippen molar-refractivity contribution in [3.8, 4) is 0 Å². The summed E-state index contributed by atoms with van der Waals surface area (Å²) < 4.78 is 25.2. The maximum Gasteiger partial charge on any atom is 0.241 e. The minimum absolute atomic E-state index is 0.0180. The van der Waals surface area contributed by atoms with Crippen molar-refractivity contribution in [2.24, 2.45) is 11.7 Å². The smallest absolute Gasteiger partial charge is 0.241 e. The number of hydrogen-bond acceptors (Lipinski definition) is 4. The second kappa shape index (κ2) is 6.44. The Kier molecular flexibility index (Phi) is 4.99. The molecule has 1 atom stereocenters. The van der Waals surface area contributed by atoms with Crippen molar-refractivity contribution in [3.63, 3.8) is 0 Å². The summed E-state index contributed by atoms with van der Waals surface area (Å²) in [6.07, 6.45) is 0.584. The van der Waals surface area contributed by atoms with Crippen LogP contribution in [0, 0.1) is 5.92 Å². The lowest BCUT2D eigenvalue weighted by molar-refractivity contribution is -0.118. The number of nitrogens with two attached hydrogens (primary N) is 1. The fourth-order valence-corrected chi connectivity index (χ4v) is 4.14. The van der Waals surface area contributed by atoms with Gasteiger partial charge in [0, 0.05) is 12.2 Å². The van der Waals surface area contributed by atoms with E-state index in [1.54, 1.807) is 12.1 Å². The summed E-state index contributed by atoms with van der Waals surface area (Å²) in [6.45, 7) is 4.14. The number of anilines is 2. The first-order valence-electron chi connectivity index (χ1n) is 7.09. The first kappa shape index (κ1) is 17.1. The van der Waals surface area contributed by atoms with Gasteiger partial charge in [-0.3, -0.25) is 9.10 Å². The van der Waals surface area contributed by atoms with Gasteiger partial charge in [-0.2, -0.15) is 0 Å². The van der Waals surface area contributed by atoms with Crippen LogP contribution in [-0.2, 0) is 14.8 Å². The zero-order chi connectivity index (χ0) is 16.5. The van der Waals surface area contributed by atoms with Gasteiger partial charge in [0.15, 0.2) is 0 Å². The number of carbonyl (C=O) groups is 1. The molecule has 1 aromatic rings.